The Hall–Kier alpha value is -1.80. The van der Waals surface area contributed by atoms with Crippen molar-refractivity contribution in [2.24, 2.45) is 5.16 Å². The molecule has 0 unspecified atom stereocenters. The Morgan fingerprint density at radius 2 is 1.89 bits per heavy atom. The van der Waals surface area contributed by atoms with Gasteiger partial charge in [0.05, 0.1) is 5.71 Å². The predicted octanol–water partition coefficient (Wildman–Crippen LogP) is 4.25. The molecule has 3 rings (SSSR count). The molecule has 0 aromatic heterocycles. The van der Waals surface area contributed by atoms with Gasteiger partial charge >= 0.3 is 0 Å². The molecule has 0 amide bonds. The van der Waals surface area contributed by atoms with Gasteiger partial charge in [-0.1, -0.05) is 53.2 Å². The summed E-state index contributed by atoms with van der Waals surface area (Å²) >= 11 is 6.06. The van der Waals surface area contributed by atoms with Gasteiger partial charge in [-0.25, -0.2) is 0 Å². The van der Waals surface area contributed by atoms with Crippen molar-refractivity contribution in [3.63, 3.8) is 0 Å². The minimum Gasteiger partial charge on any atom is -0.411 e. The molecule has 0 heterocycles. The van der Waals surface area contributed by atoms with E-state index >= 15 is 0 Å². The van der Waals surface area contributed by atoms with Crippen molar-refractivity contribution < 1.29 is 5.21 Å². The van der Waals surface area contributed by atoms with E-state index in [4.69, 9.17) is 11.6 Å². The molecule has 1 atom stereocenters. The van der Waals surface area contributed by atoms with Crippen LogP contribution in [0.25, 0.3) is 0 Å². The molecule has 0 spiro atoms. The summed E-state index contributed by atoms with van der Waals surface area (Å²) in [6.07, 6.45) is 1.93. The molecule has 2 aromatic rings. The summed E-state index contributed by atoms with van der Waals surface area (Å²) in [4.78, 5) is 0. The zero-order valence-electron chi connectivity index (χ0n) is 10.4. The summed E-state index contributed by atoms with van der Waals surface area (Å²) in [7, 11) is 0. The summed E-state index contributed by atoms with van der Waals surface area (Å²) in [5.41, 5.74) is 4.07. The van der Waals surface area contributed by atoms with Gasteiger partial charge < -0.3 is 5.21 Å². The highest BCUT2D eigenvalue weighted by atomic mass is 35.5. The van der Waals surface area contributed by atoms with E-state index in [1.165, 1.54) is 11.1 Å². The summed E-state index contributed by atoms with van der Waals surface area (Å²) in [6, 6.07) is 16.0. The third-order valence-corrected chi connectivity index (χ3v) is 3.93. The average Bonchev–Trinajstić information content (AvgIpc) is 2.46. The van der Waals surface area contributed by atoms with Gasteiger partial charge in [0.25, 0.3) is 0 Å². The second kappa shape index (κ2) is 5.06. The standard InChI is InChI=1S/C16H14ClNO/c17-13-8-6-12-7-9-14(11-4-2-1-3-5-11)16(18-19)15(12)10-13/h1-6,8,10,14,19H,7,9H2/b18-16-/t14-/m0/s1. The van der Waals surface area contributed by atoms with E-state index in [0.29, 0.717) is 5.02 Å². The molecule has 1 aliphatic carbocycles. The van der Waals surface area contributed by atoms with Crippen molar-refractivity contribution in [1.82, 2.24) is 0 Å². The van der Waals surface area contributed by atoms with Crippen LogP contribution in [0, 0.1) is 0 Å². The van der Waals surface area contributed by atoms with Crippen molar-refractivity contribution in [2.75, 3.05) is 0 Å². The Balaban J connectivity index is 2.08. The average molecular weight is 272 g/mol. The van der Waals surface area contributed by atoms with Crippen LogP contribution in [0.3, 0.4) is 0 Å². The lowest BCUT2D eigenvalue weighted by Gasteiger charge is -2.26. The number of hydrogen-bond acceptors (Lipinski definition) is 2. The van der Waals surface area contributed by atoms with E-state index in [9.17, 15) is 5.21 Å². The molecule has 0 saturated carbocycles. The molecule has 96 valence electrons. The summed E-state index contributed by atoms with van der Waals surface area (Å²) in [5.74, 6) is 0.136. The molecule has 2 aromatic carbocycles. The van der Waals surface area contributed by atoms with Crippen LogP contribution in [0.4, 0.5) is 0 Å². The predicted molar refractivity (Wildman–Crippen MR) is 77.3 cm³/mol. The highest BCUT2D eigenvalue weighted by molar-refractivity contribution is 6.31. The van der Waals surface area contributed by atoms with Crippen molar-refractivity contribution >= 4 is 17.3 Å². The van der Waals surface area contributed by atoms with E-state index in [-0.39, 0.29) is 5.92 Å². The zero-order valence-corrected chi connectivity index (χ0v) is 11.1. The van der Waals surface area contributed by atoms with E-state index in [0.717, 1.165) is 24.1 Å². The maximum Gasteiger partial charge on any atom is 0.0945 e. The van der Waals surface area contributed by atoms with E-state index in [1.807, 2.05) is 36.4 Å². The quantitative estimate of drug-likeness (QED) is 0.610. The molecule has 2 nitrogen and oxygen atoms in total. The topological polar surface area (TPSA) is 32.6 Å². The van der Waals surface area contributed by atoms with Gasteiger partial charge in [-0.15, -0.1) is 0 Å². The molecule has 3 heteroatoms. The van der Waals surface area contributed by atoms with Crippen LogP contribution in [-0.4, -0.2) is 10.9 Å². The Bertz CT molecular complexity index is 622. The first-order valence-corrected chi connectivity index (χ1v) is 6.73. The molecule has 0 bridgehead atoms. The van der Waals surface area contributed by atoms with Gasteiger partial charge in [-0.3, -0.25) is 0 Å². The molecule has 0 saturated heterocycles. The third-order valence-electron chi connectivity index (χ3n) is 3.69. The summed E-state index contributed by atoms with van der Waals surface area (Å²) in [6.45, 7) is 0. The molecule has 19 heavy (non-hydrogen) atoms. The Morgan fingerprint density at radius 1 is 1.11 bits per heavy atom. The number of nitrogens with zero attached hydrogens (tertiary/aromatic N) is 1. The van der Waals surface area contributed by atoms with E-state index in [1.54, 1.807) is 0 Å². The largest absolute Gasteiger partial charge is 0.411 e. The van der Waals surface area contributed by atoms with Crippen molar-refractivity contribution in [2.45, 2.75) is 18.8 Å². The summed E-state index contributed by atoms with van der Waals surface area (Å²) in [5, 5.41) is 13.6. The summed E-state index contributed by atoms with van der Waals surface area (Å²) < 4.78 is 0. The minimum atomic E-state index is 0.136. The van der Waals surface area contributed by atoms with Gasteiger partial charge in [0, 0.05) is 16.5 Å². The monoisotopic (exact) mass is 271 g/mol. The maximum atomic E-state index is 9.41. The van der Waals surface area contributed by atoms with Crippen LogP contribution in [0.1, 0.15) is 29.0 Å². The molecule has 0 aliphatic heterocycles. The SMILES string of the molecule is O/N=C1\c2cc(Cl)ccc2CC[C@H]1c1ccccc1. The molecular weight excluding hydrogens is 258 g/mol. The van der Waals surface area contributed by atoms with Gasteiger partial charge in [0.1, 0.15) is 0 Å². The smallest absolute Gasteiger partial charge is 0.0945 e. The Morgan fingerprint density at radius 3 is 2.63 bits per heavy atom. The number of halogens is 1. The highest BCUT2D eigenvalue weighted by Crippen LogP contribution is 2.34. The Labute approximate surface area is 117 Å². The first-order valence-electron chi connectivity index (χ1n) is 6.35. The van der Waals surface area contributed by atoms with Crippen molar-refractivity contribution in [3.05, 3.63) is 70.2 Å². The molecule has 0 radical (unpaired) electrons. The molecular formula is C16H14ClNO. The first-order chi connectivity index (χ1) is 9.29. The van der Waals surface area contributed by atoms with Crippen molar-refractivity contribution in [3.8, 4) is 0 Å². The van der Waals surface area contributed by atoms with Crippen LogP contribution in [0.15, 0.2) is 53.7 Å². The van der Waals surface area contributed by atoms with Crippen LogP contribution >= 0.6 is 11.6 Å². The normalized spacial score (nSPS) is 20.3. The second-order valence-electron chi connectivity index (χ2n) is 4.79. The third kappa shape index (κ3) is 2.24. The van der Waals surface area contributed by atoms with Gasteiger partial charge in [-0.2, -0.15) is 0 Å². The van der Waals surface area contributed by atoms with Gasteiger partial charge in [-0.05, 0) is 36.1 Å². The fraction of sp³-hybridized carbons (Fsp3) is 0.188. The second-order valence-corrected chi connectivity index (χ2v) is 5.23. The number of benzene rings is 2. The van der Waals surface area contributed by atoms with Crippen LogP contribution < -0.4 is 0 Å². The number of fused-ring (bicyclic) bond motifs is 1. The lowest BCUT2D eigenvalue weighted by molar-refractivity contribution is 0.316. The van der Waals surface area contributed by atoms with Gasteiger partial charge in [0.15, 0.2) is 0 Å². The number of aryl methyl sites for hydroxylation is 1. The van der Waals surface area contributed by atoms with Gasteiger partial charge in [0.2, 0.25) is 0 Å². The highest BCUT2D eigenvalue weighted by Gasteiger charge is 2.27. The lowest BCUT2D eigenvalue weighted by atomic mass is 9.78. The van der Waals surface area contributed by atoms with Crippen LogP contribution in [0.2, 0.25) is 5.02 Å². The molecule has 0 fully saturated rings. The van der Waals surface area contributed by atoms with Crippen LogP contribution in [-0.2, 0) is 6.42 Å². The fourth-order valence-electron chi connectivity index (χ4n) is 2.76. The fourth-order valence-corrected chi connectivity index (χ4v) is 2.93. The number of hydrogen-bond donors (Lipinski definition) is 1. The maximum absolute atomic E-state index is 9.41. The van der Waals surface area contributed by atoms with E-state index in [2.05, 4.69) is 17.3 Å². The number of rotatable bonds is 1. The first kappa shape index (κ1) is 12.2. The minimum absolute atomic E-state index is 0.136. The lowest BCUT2D eigenvalue weighted by Crippen LogP contribution is -2.22. The van der Waals surface area contributed by atoms with E-state index < -0.39 is 0 Å². The molecule has 1 N–H and O–H groups in total. The van der Waals surface area contributed by atoms with Crippen molar-refractivity contribution in [1.29, 1.82) is 0 Å². The zero-order chi connectivity index (χ0) is 13.2. The number of oxime groups is 1. The Kier molecular flexibility index (Phi) is 3.26. The molecule has 1 aliphatic rings. The van der Waals surface area contributed by atoms with Crippen LogP contribution in [0.5, 0.6) is 0 Å².